The molecule has 0 spiro atoms. The fourth-order valence-corrected chi connectivity index (χ4v) is 8.49. The van der Waals surface area contributed by atoms with E-state index in [1.807, 2.05) is 55.5 Å². The molecule has 1 aliphatic heterocycles. The fraction of sp³-hybridized carbons (Fsp3) is 0.0612. The van der Waals surface area contributed by atoms with E-state index in [0.717, 1.165) is 83.5 Å². The normalized spacial score (nSPS) is 15.2. The monoisotopic (exact) mass is 705 g/mol. The van der Waals surface area contributed by atoms with E-state index in [2.05, 4.69) is 89.8 Å². The Balaban J connectivity index is 1.17. The predicted molar refractivity (Wildman–Crippen MR) is 215 cm³/mol. The topological polar surface area (TPSA) is 21.7 Å². The van der Waals surface area contributed by atoms with Gasteiger partial charge in [-0.3, -0.25) is 0 Å². The van der Waals surface area contributed by atoms with Crippen molar-refractivity contribution in [3.8, 4) is 33.8 Å². The number of para-hydroxylation sites is 1. The first kappa shape index (κ1) is 32.0. The summed E-state index contributed by atoms with van der Waals surface area (Å²) in [5.74, 6) is 0.466. The minimum atomic E-state index is -1.12. The van der Waals surface area contributed by atoms with Gasteiger partial charge in [-0.05, 0) is 107 Å². The van der Waals surface area contributed by atoms with Crippen molar-refractivity contribution in [2.45, 2.75) is 12.5 Å². The van der Waals surface area contributed by atoms with Crippen molar-refractivity contribution >= 4 is 44.7 Å². The minimum absolute atomic E-state index is 0.327. The van der Waals surface area contributed by atoms with Crippen molar-refractivity contribution in [1.29, 1.82) is 0 Å². The van der Waals surface area contributed by atoms with Gasteiger partial charge in [-0.2, -0.15) is 0 Å². The summed E-state index contributed by atoms with van der Waals surface area (Å²) in [7, 11) is 1.64. The molecule has 54 heavy (non-hydrogen) atoms. The Morgan fingerprint density at radius 3 is 2.09 bits per heavy atom. The summed E-state index contributed by atoms with van der Waals surface area (Å²) in [5.41, 5.74) is 8.74. The molecule has 0 N–H and O–H groups in total. The highest BCUT2D eigenvalue weighted by molar-refractivity contribution is 6.19. The lowest BCUT2D eigenvalue weighted by atomic mass is 9.81. The number of anilines is 3. The van der Waals surface area contributed by atoms with Gasteiger partial charge >= 0.3 is 0 Å². The van der Waals surface area contributed by atoms with Gasteiger partial charge in [0.05, 0.1) is 18.2 Å². The SMILES string of the molecule is COc1ccc(C2(c3ccc(N(c4ccccc4)c4cccc5ccccc45)cc3)C=Cc3c(C)c4c5c(ccc(F)c5c3O2)-c2ccc(F)cc2-4)cc1. The quantitative estimate of drug-likeness (QED) is 0.172. The molecule has 5 heteroatoms. The number of ether oxygens (including phenoxy) is 2. The molecule has 8 aromatic rings. The summed E-state index contributed by atoms with van der Waals surface area (Å²) in [5, 5.41) is 3.44. The second-order valence-electron chi connectivity index (χ2n) is 13.9. The van der Waals surface area contributed by atoms with Crippen molar-refractivity contribution in [3.05, 3.63) is 192 Å². The average molecular weight is 706 g/mol. The highest BCUT2D eigenvalue weighted by Gasteiger charge is 2.40. The number of halogens is 2. The Kier molecular flexibility index (Phi) is 7.21. The van der Waals surface area contributed by atoms with Gasteiger partial charge in [0.25, 0.3) is 0 Å². The molecule has 8 aromatic carbocycles. The van der Waals surface area contributed by atoms with Gasteiger partial charge in [-0.1, -0.05) is 97.1 Å². The van der Waals surface area contributed by atoms with Crippen LogP contribution in [0, 0.1) is 18.6 Å². The summed E-state index contributed by atoms with van der Waals surface area (Å²) in [6, 6.07) is 49.5. The second-order valence-corrected chi connectivity index (χ2v) is 13.9. The smallest absolute Gasteiger partial charge is 0.178 e. The summed E-state index contributed by atoms with van der Waals surface area (Å²) in [4.78, 5) is 2.27. The summed E-state index contributed by atoms with van der Waals surface area (Å²) in [6.07, 6.45) is 4.10. The molecule has 0 amide bonds. The zero-order valence-electron chi connectivity index (χ0n) is 29.6. The summed E-state index contributed by atoms with van der Waals surface area (Å²) in [6.45, 7) is 2.01. The molecular formula is C49H33F2NO2. The van der Waals surface area contributed by atoms with Crippen LogP contribution in [0.4, 0.5) is 25.8 Å². The van der Waals surface area contributed by atoms with Gasteiger partial charge < -0.3 is 14.4 Å². The maximum Gasteiger partial charge on any atom is 0.178 e. The van der Waals surface area contributed by atoms with Crippen LogP contribution >= 0.6 is 0 Å². The van der Waals surface area contributed by atoms with E-state index in [-0.39, 0.29) is 11.6 Å². The standard InChI is InChI=1S/C49H33F2NO2/c1-30-38-27-28-49(33-17-22-37(53-2)23-18-33,54-48(38)47-43(51)26-25-41-40-24-19-34(50)29-42(40)45(30)46(41)47)32-15-20-36(21-16-32)52(35-11-4-3-5-12-35)44-14-8-10-31-9-6-7-13-39(31)44/h3-29H,1-2H3. The van der Waals surface area contributed by atoms with E-state index >= 15 is 4.39 Å². The zero-order chi connectivity index (χ0) is 36.6. The predicted octanol–water partition coefficient (Wildman–Crippen LogP) is 13.1. The van der Waals surface area contributed by atoms with Crippen molar-refractivity contribution in [3.63, 3.8) is 0 Å². The number of methoxy groups -OCH3 is 1. The minimum Gasteiger partial charge on any atom is -0.497 e. The Bertz CT molecular complexity index is 2810. The molecule has 1 aliphatic carbocycles. The van der Waals surface area contributed by atoms with E-state index in [9.17, 15) is 4.39 Å². The first-order valence-corrected chi connectivity index (χ1v) is 18.0. The molecule has 1 heterocycles. The van der Waals surface area contributed by atoms with Gasteiger partial charge in [0, 0.05) is 38.8 Å². The van der Waals surface area contributed by atoms with Crippen molar-refractivity contribution in [2.75, 3.05) is 12.0 Å². The number of nitrogens with zero attached hydrogens (tertiary/aromatic N) is 1. The van der Waals surface area contributed by atoms with Crippen LogP contribution in [0.2, 0.25) is 0 Å². The lowest BCUT2D eigenvalue weighted by Crippen LogP contribution is -2.34. The fourth-order valence-electron chi connectivity index (χ4n) is 8.49. The Morgan fingerprint density at radius 2 is 1.31 bits per heavy atom. The molecule has 0 aromatic heterocycles. The lowest BCUT2D eigenvalue weighted by Gasteiger charge is -2.38. The van der Waals surface area contributed by atoms with Crippen LogP contribution in [0.5, 0.6) is 11.5 Å². The number of benzene rings is 8. The van der Waals surface area contributed by atoms with Crippen LogP contribution in [-0.2, 0) is 5.60 Å². The van der Waals surface area contributed by atoms with E-state index in [0.29, 0.717) is 11.1 Å². The maximum absolute atomic E-state index is 16.3. The van der Waals surface area contributed by atoms with Crippen LogP contribution in [0.25, 0.3) is 49.9 Å². The first-order chi connectivity index (χ1) is 26.4. The van der Waals surface area contributed by atoms with Crippen molar-refractivity contribution < 1.29 is 18.3 Å². The molecular weight excluding hydrogens is 673 g/mol. The molecule has 10 rings (SSSR count). The van der Waals surface area contributed by atoms with Gasteiger partial charge in [0.1, 0.15) is 23.1 Å². The molecule has 3 nitrogen and oxygen atoms in total. The lowest BCUT2D eigenvalue weighted by molar-refractivity contribution is 0.163. The Hall–Kier alpha value is -6.72. The zero-order valence-corrected chi connectivity index (χ0v) is 29.6. The molecule has 0 bridgehead atoms. The third-order valence-corrected chi connectivity index (χ3v) is 11.0. The van der Waals surface area contributed by atoms with Crippen LogP contribution in [0.1, 0.15) is 22.3 Å². The highest BCUT2D eigenvalue weighted by atomic mass is 19.1. The molecule has 1 unspecified atom stereocenters. The van der Waals surface area contributed by atoms with Crippen molar-refractivity contribution in [2.24, 2.45) is 0 Å². The van der Waals surface area contributed by atoms with Crippen molar-refractivity contribution in [1.82, 2.24) is 0 Å². The average Bonchev–Trinajstić information content (AvgIpc) is 3.54. The van der Waals surface area contributed by atoms with Crippen LogP contribution in [0.3, 0.4) is 0 Å². The molecule has 2 aliphatic rings. The molecule has 260 valence electrons. The largest absolute Gasteiger partial charge is 0.497 e. The maximum atomic E-state index is 16.3. The molecule has 0 fully saturated rings. The number of fused-ring (bicyclic) bond motifs is 6. The van der Waals surface area contributed by atoms with E-state index in [4.69, 9.17) is 9.47 Å². The Labute approximate surface area is 312 Å². The van der Waals surface area contributed by atoms with E-state index < -0.39 is 5.60 Å². The Morgan fingerprint density at radius 1 is 0.630 bits per heavy atom. The van der Waals surface area contributed by atoms with Gasteiger partial charge in [-0.15, -0.1) is 0 Å². The second kappa shape index (κ2) is 12.2. The molecule has 0 saturated carbocycles. The van der Waals surface area contributed by atoms with Crippen LogP contribution in [0.15, 0.2) is 158 Å². The third-order valence-electron chi connectivity index (χ3n) is 11.0. The van der Waals surface area contributed by atoms with Gasteiger partial charge in [0.15, 0.2) is 5.60 Å². The molecule has 1 atom stereocenters. The third kappa shape index (κ3) is 4.71. The van der Waals surface area contributed by atoms with Crippen LogP contribution < -0.4 is 14.4 Å². The number of hydrogen-bond acceptors (Lipinski definition) is 3. The van der Waals surface area contributed by atoms with Crippen LogP contribution in [-0.4, -0.2) is 7.11 Å². The number of hydrogen-bond donors (Lipinski definition) is 0. The first-order valence-electron chi connectivity index (χ1n) is 18.0. The van der Waals surface area contributed by atoms with Gasteiger partial charge in [-0.25, -0.2) is 8.78 Å². The van der Waals surface area contributed by atoms with E-state index in [1.54, 1.807) is 25.3 Å². The highest BCUT2D eigenvalue weighted by Crippen LogP contribution is 2.56. The van der Waals surface area contributed by atoms with E-state index in [1.165, 1.54) is 12.1 Å². The number of rotatable bonds is 6. The molecule has 0 radical (unpaired) electrons. The summed E-state index contributed by atoms with van der Waals surface area (Å²) >= 11 is 0. The van der Waals surface area contributed by atoms with Gasteiger partial charge in [0.2, 0.25) is 0 Å². The molecule has 0 saturated heterocycles. The summed E-state index contributed by atoms with van der Waals surface area (Å²) < 4.78 is 43.8.